The fraction of sp³-hybridized carbons (Fsp3) is 0.185. The number of nitrogens with zero attached hydrogens (tertiary/aromatic N) is 6. The number of ether oxygens (including phenoxy) is 1. The number of fused-ring (bicyclic) bond motifs is 1. The van der Waals surface area contributed by atoms with E-state index in [1.807, 2.05) is 56.7 Å². The van der Waals surface area contributed by atoms with Crippen LogP contribution in [0.15, 0.2) is 73.3 Å². The van der Waals surface area contributed by atoms with E-state index in [0.717, 1.165) is 45.0 Å². The van der Waals surface area contributed by atoms with Crippen molar-refractivity contribution in [2.24, 2.45) is 7.05 Å². The summed E-state index contributed by atoms with van der Waals surface area (Å²) in [5.74, 6) is 0.700. The second-order valence-corrected chi connectivity index (χ2v) is 8.37. The van der Waals surface area contributed by atoms with Crippen LogP contribution in [-0.2, 0) is 13.5 Å². The van der Waals surface area contributed by atoms with Crippen LogP contribution in [0.1, 0.15) is 5.69 Å². The summed E-state index contributed by atoms with van der Waals surface area (Å²) in [6.07, 6.45) is 7.92. The number of anilines is 3. The Labute approximate surface area is 209 Å². The predicted octanol–water partition coefficient (Wildman–Crippen LogP) is 4.56. The number of phenols is 1. The van der Waals surface area contributed by atoms with Crippen molar-refractivity contribution < 1.29 is 9.84 Å². The molecule has 0 bridgehead atoms. The summed E-state index contributed by atoms with van der Waals surface area (Å²) in [6.45, 7) is 0.611. The van der Waals surface area contributed by atoms with Crippen molar-refractivity contribution in [2.75, 3.05) is 30.9 Å². The van der Waals surface area contributed by atoms with E-state index in [-0.39, 0.29) is 5.75 Å². The maximum absolute atomic E-state index is 10.4. The van der Waals surface area contributed by atoms with E-state index in [4.69, 9.17) is 9.72 Å². The summed E-state index contributed by atoms with van der Waals surface area (Å²) in [7, 11) is 5.35. The Bertz CT molecular complexity index is 1520. The Balaban J connectivity index is 1.56. The summed E-state index contributed by atoms with van der Waals surface area (Å²) in [6, 6.07) is 15.1. The number of aromatic hydroxyl groups is 1. The average molecular weight is 482 g/mol. The smallest absolute Gasteiger partial charge is 0.124 e. The summed E-state index contributed by atoms with van der Waals surface area (Å²) in [4.78, 5) is 16.1. The van der Waals surface area contributed by atoms with Crippen molar-refractivity contribution in [1.82, 2.24) is 24.7 Å². The third-order valence-electron chi connectivity index (χ3n) is 5.99. The minimum absolute atomic E-state index is 0.127. The number of hydrogen-bond donors (Lipinski definition) is 2. The lowest BCUT2D eigenvalue weighted by molar-refractivity contribution is 0.408. The first-order valence-corrected chi connectivity index (χ1v) is 11.6. The third kappa shape index (κ3) is 4.76. The molecule has 9 nitrogen and oxygen atoms in total. The predicted molar refractivity (Wildman–Crippen MR) is 141 cm³/mol. The lowest BCUT2D eigenvalue weighted by atomic mass is 10.1. The van der Waals surface area contributed by atoms with Crippen molar-refractivity contribution in [3.05, 3.63) is 79.0 Å². The molecule has 3 heterocycles. The average Bonchev–Trinajstić information content (AvgIpc) is 3.34. The van der Waals surface area contributed by atoms with Crippen molar-refractivity contribution in [3.8, 4) is 22.8 Å². The van der Waals surface area contributed by atoms with E-state index < -0.39 is 0 Å². The fourth-order valence-corrected chi connectivity index (χ4v) is 4.19. The molecule has 0 aliphatic rings. The van der Waals surface area contributed by atoms with Gasteiger partial charge in [0.2, 0.25) is 0 Å². The van der Waals surface area contributed by atoms with Crippen molar-refractivity contribution in [1.29, 1.82) is 0 Å². The SMILES string of the molecule is CNc1cccnc1CCN(c1cc(O)cc(OC)c1)c1ccc2ncc(-c3cnn(C)c3)nc2c1. The molecule has 36 heavy (non-hydrogen) atoms. The first-order chi connectivity index (χ1) is 17.5. The van der Waals surface area contributed by atoms with Crippen molar-refractivity contribution >= 4 is 28.1 Å². The molecule has 0 radical (unpaired) electrons. The number of hydrogen-bond acceptors (Lipinski definition) is 8. The number of aromatic nitrogens is 5. The molecule has 0 saturated carbocycles. The van der Waals surface area contributed by atoms with Gasteiger partial charge in [-0.2, -0.15) is 5.10 Å². The molecule has 0 saturated heterocycles. The normalized spacial score (nSPS) is 11.0. The zero-order chi connectivity index (χ0) is 25.1. The molecule has 2 N–H and O–H groups in total. The molecular weight excluding hydrogens is 454 g/mol. The van der Waals surface area contributed by atoms with Crippen LogP contribution < -0.4 is 15.0 Å². The molecule has 182 valence electrons. The highest BCUT2D eigenvalue weighted by Gasteiger charge is 2.15. The number of pyridine rings is 1. The van der Waals surface area contributed by atoms with Crippen LogP contribution in [0.25, 0.3) is 22.3 Å². The number of nitrogens with one attached hydrogen (secondary N) is 1. The van der Waals surface area contributed by atoms with Gasteiger partial charge in [-0.1, -0.05) is 0 Å². The summed E-state index contributed by atoms with van der Waals surface area (Å²) >= 11 is 0. The molecule has 0 aliphatic carbocycles. The standard InChI is InChI=1S/C27H27N7O2/c1-28-23-5-4-9-29-25(23)8-10-34(20-11-21(35)14-22(12-20)36-3)19-6-7-24-26(13-19)32-27(16-30-24)18-15-31-33(2)17-18/h4-7,9,11-17,28,35H,8,10H2,1-3H3. The topological polar surface area (TPSA) is 101 Å². The summed E-state index contributed by atoms with van der Waals surface area (Å²) < 4.78 is 7.16. The Morgan fingerprint density at radius 3 is 2.69 bits per heavy atom. The fourth-order valence-electron chi connectivity index (χ4n) is 4.19. The van der Waals surface area contributed by atoms with Gasteiger partial charge in [0.25, 0.3) is 0 Å². The molecule has 2 aromatic carbocycles. The molecule has 0 spiro atoms. The maximum Gasteiger partial charge on any atom is 0.124 e. The Hall–Kier alpha value is -4.66. The molecule has 0 fully saturated rings. The van der Waals surface area contributed by atoms with Gasteiger partial charge >= 0.3 is 0 Å². The van der Waals surface area contributed by atoms with Gasteiger partial charge in [0.15, 0.2) is 0 Å². The highest BCUT2D eigenvalue weighted by atomic mass is 16.5. The van der Waals surface area contributed by atoms with Crippen molar-refractivity contribution in [3.63, 3.8) is 0 Å². The van der Waals surface area contributed by atoms with Gasteiger partial charge in [0.1, 0.15) is 11.5 Å². The Morgan fingerprint density at radius 1 is 1.03 bits per heavy atom. The maximum atomic E-state index is 10.4. The highest BCUT2D eigenvalue weighted by Crippen LogP contribution is 2.34. The quantitative estimate of drug-likeness (QED) is 0.333. The molecule has 5 aromatic rings. The van der Waals surface area contributed by atoms with E-state index >= 15 is 0 Å². The van der Waals surface area contributed by atoms with Crippen LogP contribution >= 0.6 is 0 Å². The van der Waals surface area contributed by atoms with E-state index in [1.54, 1.807) is 42.5 Å². The van der Waals surface area contributed by atoms with Gasteiger partial charge in [0.05, 0.1) is 47.6 Å². The lowest BCUT2D eigenvalue weighted by Gasteiger charge is -2.26. The van der Waals surface area contributed by atoms with Crippen molar-refractivity contribution in [2.45, 2.75) is 6.42 Å². The molecule has 0 atom stereocenters. The van der Waals surface area contributed by atoms with E-state index in [0.29, 0.717) is 18.7 Å². The summed E-state index contributed by atoms with van der Waals surface area (Å²) in [5, 5.41) is 17.8. The largest absolute Gasteiger partial charge is 0.508 e. The minimum Gasteiger partial charge on any atom is -0.508 e. The van der Waals surface area contributed by atoms with E-state index in [1.165, 1.54) is 0 Å². The molecule has 3 aromatic heterocycles. The minimum atomic E-state index is 0.127. The monoisotopic (exact) mass is 481 g/mol. The first-order valence-electron chi connectivity index (χ1n) is 11.6. The van der Waals surface area contributed by atoms with Crippen LogP contribution in [-0.4, -0.2) is 50.5 Å². The zero-order valence-electron chi connectivity index (χ0n) is 20.4. The molecule has 0 amide bonds. The molecule has 0 unspecified atom stereocenters. The number of methoxy groups -OCH3 is 1. The summed E-state index contributed by atoms with van der Waals surface area (Å²) in [5.41, 5.74) is 6.86. The first kappa shape index (κ1) is 23.1. The number of benzene rings is 2. The van der Waals surface area contributed by atoms with Gasteiger partial charge in [-0.3, -0.25) is 14.6 Å². The third-order valence-corrected chi connectivity index (χ3v) is 5.99. The van der Waals surface area contributed by atoms with Gasteiger partial charge < -0.3 is 20.1 Å². The molecule has 9 heteroatoms. The van der Waals surface area contributed by atoms with Gasteiger partial charge in [-0.25, -0.2) is 4.98 Å². The van der Waals surface area contributed by atoms with Crippen LogP contribution in [0.5, 0.6) is 11.5 Å². The van der Waals surface area contributed by atoms with E-state index in [9.17, 15) is 5.11 Å². The Kier molecular flexibility index (Phi) is 6.36. The Morgan fingerprint density at radius 2 is 1.92 bits per heavy atom. The number of rotatable bonds is 8. The zero-order valence-corrected chi connectivity index (χ0v) is 20.4. The highest BCUT2D eigenvalue weighted by molar-refractivity contribution is 5.82. The van der Waals surface area contributed by atoms with Crippen LogP contribution in [0, 0.1) is 0 Å². The number of phenolic OH excluding ortho intramolecular Hbond substituents is 1. The number of aryl methyl sites for hydroxylation is 1. The van der Waals surface area contributed by atoms with Gasteiger partial charge in [-0.15, -0.1) is 0 Å². The van der Waals surface area contributed by atoms with Gasteiger partial charge in [0, 0.05) is 74.6 Å². The second-order valence-electron chi connectivity index (χ2n) is 8.37. The van der Waals surface area contributed by atoms with E-state index in [2.05, 4.69) is 25.3 Å². The lowest BCUT2D eigenvalue weighted by Crippen LogP contribution is -2.21. The second kappa shape index (κ2) is 9.91. The molecular formula is C27H27N7O2. The van der Waals surface area contributed by atoms with Gasteiger partial charge in [-0.05, 0) is 30.3 Å². The molecule has 5 rings (SSSR count). The molecule has 0 aliphatic heterocycles. The van der Waals surface area contributed by atoms with Crippen LogP contribution in [0.3, 0.4) is 0 Å². The van der Waals surface area contributed by atoms with Crippen LogP contribution in [0.2, 0.25) is 0 Å². The van der Waals surface area contributed by atoms with Crippen LogP contribution in [0.4, 0.5) is 17.1 Å².